The highest BCUT2D eigenvalue weighted by Gasteiger charge is 2.57. The number of primary amides is 1. The van der Waals surface area contributed by atoms with E-state index in [-0.39, 0.29) is 36.2 Å². The minimum Gasteiger partial charge on any atom is -0.473 e. The van der Waals surface area contributed by atoms with Crippen LogP contribution in [0.1, 0.15) is 26.7 Å². The molecule has 2 aliphatic heterocycles. The predicted molar refractivity (Wildman–Crippen MR) is 100 cm³/mol. The molecule has 4 N–H and O–H groups in total. The van der Waals surface area contributed by atoms with Crippen LogP contribution in [0.5, 0.6) is 5.75 Å². The van der Waals surface area contributed by atoms with E-state index in [0.717, 1.165) is 6.07 Å². The van der Waals surface area contributed by atoms with Gasteiger partial charge < -0.3 is 26.0 Å². The number of hydrogen-bond acceptors (Lipinski definition) is 5. The molecule has 2 heterocycles. The van der Waals surface area contributed by atoms with E-state index in [0.29, 0.717) is 6.42 Å². The lowest BCUT2D eigenvalue weighted by Gasteiger charge is -2.34. The van der Waals surface area contributed by atoms with Crippen molar-refractivity contribution in [2.24, 2.45) is 11.7 Å². The van der Waals surface area contributed by atoms with Crippen LogP contribution in [0.2, 0.25) is 0 Å². The van der Waals surface area contributed by atoms with Gasteiger partial charge in [-0.3, -0.25) is 14.4 Å². The summed E-state index contributed by atoms with van der Waals surface area (Å²) < 4.78 is 19.3. The Morgan fingerprint density at radius 1 is 1.46 bits per heavy atom. The molecule has 1 unspecified atom stereocenters. The second kappa shape index (κ2) is 7.38. The van der Waals surface area contributed by atoms with Gasteiger partial charge in [-0.1, -0.05) is 13.8 Å². The van der Waals surface area contributed by atoms with Gasteiger partial charge in [0.15, 0.2) is 0 Å². The lowest BCUT2D eigenvalue weighted by Crippen LogP contribution is -2.54. The van der Waals surface area contributed by atoms with E-state index < -0.39 is 35.3 Å². The van der Waals surface area contributed by atoms with Gasteiger partial charge in [0, 0.05) is 12.5 Å². The number of likely N-dealkylation sites (N-methyl/N-ethyl adjacent to an activating group) is 1. The smallest absolute Gasteiger partial charge is 0.270 e. The highest BCUT2D eigenvalue weighted by molar-refractivity contribution is 6.03. The predicted octanol–water partition coefficient (Wildman–Crippen LogP) is 0.616. The number of halogens is 1. The fourth-order valence-electron chi connectivity index (χ4n) is 3.79. The first kappa shape index (κ1) is 20.1. The van der Waals surface area contributed by atoms with Crippen LogP contribution in [0.15, 0.2) is 18.2 Å². The average Bonchev–Trinajstić information content (AvgIpc) is 3.01. The van der Waals surface area contributed by atoms with Crippen LogP contribution in [0.3, 0.4) is 0 Å². The Hall–Kier alpha value is -2.68. The molecule has 0 aromatic heterocycles. The first-order valence-electron chi connectivity index (χ1n) is 9.24. The molecule has 9 heteroatoms. The number of benzene rings is 1. The number of nitrogens with two attached hydrogens (primary N) is 1. The van der Waals surface area contributed by atoms with Crippen LogP contribution in [-0.2, 0) is 14.4 Å². The Kier molecular flexibility index (Phi) is 5.29. The molecule has 3 rings (SSSR count). The molecule has 28 heavy (non-hydrogen) atoms. The quantitative estimate of drug-likeness (QED) is 0.680. The third kappa shape index (κ3) is 3.54. The van der Waals surface area contributed by atoms with E-state index in [1.807, 2.05) is 13.8 Å². The Morgan fingerprint density at radius 2 is 2.18 bits per heavy atom. The van der Waals surface area contributed by atoms with Gasteiger partial charge in [-0.2, -0.15) is 0 Å². The first-order chi connectivity index (χ1) is 13.2. The second-order valence-electron chi connectivity index (χ2n) is 7.75. The van der Waals surface area contributed by atoms with Crippen molar-refractivity contribution in [2.75, 3.05) is 18.9 Å². The van der Waals surface area contributed by atoms with Crippen LogP contribution in [0.4, 0.5) is 10.1 Å². The molecule has 0 bridgehead atoms. The van der Waals surface area contributed by atoms with Crippen molar-refractivity contribution in [3.8, 4) is 5.75 Å². The van der Waals surface area contributed by atoms with E-state index in [9.17, 15) is 18.8 Å². The standard InChI is InChI=1S/C19H25FN4O4/c1-10(2)6-13(22-3)17(26)24-9-19(8-14(24)16(21)25)18(27)23-12-7-11(20)4-5-15(12)28-19/h4-5,7,10,13-14,22H,6,8-9H2,1-3H3,(H2,21,25)(H,23,27)/t13?,14-,19+/m0/s1. The van der Waals surface area contributed by atoms with E-state index in [2.05, 4.69) is 10.6 Å². The highest BCUT2D eigenvalue weighted by Crippen LogP contribution is 2.40. The minimum absolute atomic E-state index is 0.0607. The topological polar surface area (TPSA) is 114 Å². The zero-order chi connectivity index (χ0) is 20.6. The maximum absolute atomic E-state index is 13.4. The number of fused-ring (bicyclic) bond motifs is 1. The van der Waals surface area contributed by atoms with Crippen LogP contribution >= 0.6 is 0 Å². The number of likely N-dealkylation sites (tertiary alicyclic amines) is 1. The summed E-state index contributed by atoms with van der Waals surface area (Å²) in [4.78, 5) is 39.2. The molecule has 0 saturated carbocycles. The van der Waals surface area contributed by atoms with Crippen molar-refractivity contribution < 1.29 is 23.5 Å². The maximum Gasteiger partial charge on any atom is 0.270 e. The number of hydrogen-bond donors (Lipinski definition) is 3. The Balaban J connectivity index is 1.91. The first-order valence-corrected chi connectivity index (χ1v) is 9.24. The van der Waals surface area contributed by atoms with Gasteiger partial charge in [0.25, 0.3) is 5.91 Å². The Labute approximate surface area is 162 Å². The molecule has 1 fully saturated rings. The molecule has 1 spiro atoms. The van der Waals surface area contributed by atoms with E-state index in [1.165, 1.54) is 17.0 Å². The molecule has 3 atom stereocenters. The SMILES string of the molecule is CNC(CC(C)C)C(=O)N1C[C@@]2(C[C@H]1C(N)=O)Oc1ccc(F)cc1NC2=O. The summed E-state index contributed by atoms with van der Waals surface area (Å²) in [6.45, 7) is 3.86. The van der Waals surface area contributed by atoms with Gasteiger partial charge in [0.2, 0.25) is 17.4 Å². The van der Waals surface area contributed by atoms with Gasteiger partial charge in [0.1, 0.15) is 17.6 Å². The van der Waals surface area contributed by atoms with Gasteiger partial charge in [-0.15, -0.1) is 0 Å². The fraction of sp³-hybridized carbons (Fsp3) is 0.526. The zero-order valence-electron chi connectivity index (χ0n) is 16.1. The van der Waals surface area contributed by atoms with Crippen molar-refractivity contribution in [2.45, 2.75) is 44.4 Å². The highest BCUT2D eigenvalue weighted by atomic mass is 19.1. The number of carbonyl (C=O) groups is 3. The number of ether oxygens (including phenoxy) is 1. The molecule has 152 valence electrons. The normalized spacial score (nSPS) is 24.7. The molecule has 0 radical (unpaired) electrons. The zero-order valence-corrected chi connectivity index (χ0v) is 16.1. The number of nitrogens with one attached hydrogen (secondary N) is 2. The molecule has 3 amide bonds. The summed E-state index contributed by atoms with van der Waals surface area (Å²) in [6, 6.07) is 2.30. The van der Waals surface area contributed by atoms with Crippen LogP contribution < -0.4 is 21.1 Å². The van der Waals surface area contributed by atoms with Gasteiger partial charge in [-0.25, -0.2) is 4.39 Å². The average molecular weight is 392 g/mol. The molecule has 1 aromatic rings. The third-order valence-corrected chi connectivity index (χ3v) is 5.20. The molecule has 1 aromatic carbocycles. The minimum atomic E-state index is -1.45. The maximum atomic E-state index is 13.4. The summed E-state index contributed by atoms with van der Waals surface area (Å²) in [7, 11) is 1.67. The summed E-state index contributed by atoms with van der Waals surface area (Å²) in [5, 5.41) is 5.59. The van der Waals surface area contributed by atoms with Crippen LogP contribution in [0, 0.1) is 11.7 Å². The monoisotopic (exact) mass is 392 g/mol. The molecule has 2 aliphatic rings. The summed E-state index contributed by atoms with van der Waals surface area (Å²) in [6.07, 6.45) is 0.508. The lowest BCUT2D eigenvalue weighted by molar-refractivity contribution is -0.140. The van der Waals surface area contributed by atoms with Gasteiger partial charge >= 0.3 is 0 Å². The largest absolute Gasteiger partial charge is 0.473 e. The number of carbonyl (C=O) groups excluding carboxylic acids is 3. The summed E-state index contributed by atoms with van der Waals surface area (Å²) >= 11 is 0. The van der Waals surface area contributed by atoms with E-state index in [4.69, 9.17) is 10.5 Å². The summed E-state index contributed by atoms with van der Waals surface area (Å²) in [5.74, 6) is -1.52. The second-order valence-corrected chi connectivity index (χ2v) is 7.75. The van der Waals surface area contributed by atoms with Crippen LogP contribution in [0.25, 0.3) is 0 Å². The lowest BCUT2D eigenvalue weighted by atomic mass is 9.96. The number of rotatable bonds is 5. The number of nitrogens with zero attached hydrogens (tertiary/aromatic N) is 1. The molecule has 8 nitrogen and oxygen atoms in total. The van der Waals surface area contributed by atoms with Crippen molar-refractivity contribution in [3.63, 3.8) is 0 Å². The van der Waals surface area contributed by atoms with Crippen molar-refractivity contribution in [3.05, 3.63) is 24.0 Å². The van der Waals surface area contributed by atoms with E-state index in [1.54, 1.807) is 7.05 Å². The number of amides is 3. The molecule has 1 saturated heterocycles. The van der Waals surface area contributed by atoms with Crippen molar-refractivity contribution in [1.82, 2.24) is 10.2 Å². The third-order valence-electron chi connectivity index (χ3n) is 5.20. The van der Waals surface area contributed by atoms with E-state index >= 15 is 0 Å². The molecule has 0 aliphatic carbocycles. The van der Waals surface area contributed by atoms with Crippen LogP contribution in [-0.4, -0.2) is 53.9 Å². The van der Waals surface area contributed by atoms with Crippen molar-refractivity contribution >= 4 is 23.4 Å². The Bertz CT molecular complexity index is 815. The Morgan fingerprint density at radius 3 is 2.79 bits per heavy atom. The van der Waals surface area contributed by atoms with Crippen molar-refractivity contribution in [1.29, 1.82) is 0 Å². The van der Waals surface area contributed by atoms with Gasteiger partial charge in [0.05, 0.1) is 18.3 Å². The van der Waals surface area contributed by atoms with Gasteiger partial charge in [-0.05, 0) is 31.5 Å². The summed E-state index contributed by atoms with van der Waals surface area (Å²) in [5.41, 5.74) is 4.29. The fourth-order valence-corrected chi connectivity index (χ4v) is 3.79. The number of anilines is 1. The molecular formula is C19H25FN4O4. The molecular weight excluding hydrogens is 367 g/mol.